The van der Waals surface area contributed by atoms with Gasteiger partial charge in [0.2, 0.25) is 5.89 Å². The van der Waals surface area contributed by atoms with Crippen molar-refractivity contribution in [1.29, 1.82) is 0 Å². The third kappa shape index (κ3) is 6.50. The number of halogens is 3. The van der Waals surface area contributed by atoms with Crippen molar-refractivity contribution in [2.24, 2.45) is 5.73 Å². The summed E-state index contributed by atoms with van der Waals surface area (Å²) in [5.74, 6) is 0.547. The topological polar surface area (TPSA) is 77.4 Å². The Hall–Kier alpha value is -1.19. The van der Waals surface area contributed by atoms with Crippen LogP contribution < -0.4 is 5.73 Å². The number of ether oxygens (including phenoxy) is 1. The Labute approximate surface area is 108 Å². The SMILES string of the molecule is CN(C)CC(N)c1noc(CCOCC(F)(F)F)n1. The van der Waals surface area contributed by atoms with Gasteiger partial charge in [0.1, 0.15) is 6.61 Å². The van der Waals surface area contributed by atoms with E-state index in [2.05, 4.69) is 14.9 Å². The largest absolute Gasteiger partial charge is 0.411 e. The molecule has 0 spiro atoms. The number of hydrogen-bond donors (Lipinski definition) is 1. The van der Waals surface area contributed by atoms with E-state index in [1.807, 2.05) is 19.0 Å². The molecule has 0 radical (unpaired) electrons. The van der Waals surface area contributed by atoms with E-state index < -0.39 is 18.8 Å². The van der Waals surface area contributed by atoms with Gasteiger partial charge >= 0.3 is 6.18 Å². The third-order valence-electron chi connectivity index (χ3n) is 2.10. The van der Waals surface area contributed by atoms with Crippen LogP contribution in [0.25, 0.3) is 0 Å². The Morgan fingerprint density at radius 2 is 2.11 bits per heavy atom. The van der Waals surface area contributed by atoms with Gasteiger partial charge in [-0.25, -0.2) is 0 Å². The van der Waals surface area contributed by atoms with Crippen molar-refractivity contribution in [3.05, 3.63) is 11.7 Å². The number of nitrogens with zero attached hydrogens (tertiary/aromatic N) is 3. The van der Waals surface area contributed by atoms with E-state index in [-0.39, 0.29) is 18.9 Å². The molecular weight excluding hydrogens is 265 g/mol. The zero-order chi connectivity index (χ0) is 14.5. The van der Waals surface area contributed by atoms with Crippen molar-refractivity contribution in [3.8, 4) is 0 Å². The Balaban J connectivity index is 2.34. The Morgan fingerprint density at radius 1 is 1.42 bits per heavy atom. The maximum Gasteiger partial charge on any atom is 0.411 e. The highest BCUT2D eigenvalue weighted by Crippen LogP contribution is 2.14. The summed E-state index contributed by atoms with van der Waals surface area (Å²) in [5.41, 5.74) is 5.81. The van der Waals surface area contributed by atoms with Crippen molar-refractivity contribution >= 4 is 0 Å². The zero-order valence-corrected chi connectivity index (χ0v) is 10.8. The van der Waals surface area contributed by atoms with E-state index in [0.29, 0.717) is 12.4 Å². The molecule has 0 bridgehead atoms. The number of nitrogens with two attached hydrogens (primary N) is 1. The molecule has 0 aliphatic heterocycles. The normalized spacial score (nSPS) is 14.1. The van der Waals surface area contributed by atoms with Crippen LogP contribution in [0, 0.1) is 0 Å². The molecule has 1 heterocycles. The monoisotopic (exact) mass is 282 g/mol. The molecule has 1 aromatic heterocycles. The molecule has 0 saturated heterocycles. The summed E-state index contributed by atoms with van der Waals surface area (Å²) in [6, 6.07) is -0.399. The fraction of sp³-hybridized carbons (Fsp3) is 0.800. The van der Waals surface area contributed by atoms with Gasteiger partial charge in [0.05, 0.1) is 19.1 Å². The maximum absolute atomic E-state index is 11.8. The van der Waals surface area contributed by atoms with Crippen LogP contribution >= 0.6 is 0 Å². The number of likely N-dealkylation sites (N-methyl/N-ethyl adjacent to an activating group) is 1. The first-order valence-corrected chi connectivity index (χ1v) is 5.65. The molecule has 1 aromatic rings. The minimum atomic E-state index is -4.33. The smallest absolute Gasteiger partial charge is 0.372 e. The quantitative estimate of drug-likeness (QED) is 0.744. The molecule has 110 valence electrons. The predicted molar refractivity (Wildman–Crippen MR) is 60.4 cm³/mol. The standard InChI is InChI=1S/C10H17F3N4O2/c1-17(2)5-7(14)9-15-8(19-16-9)3-4-18-6-10(11,12)13/h7H,3-6,14H2,1-2H3. The molecule has 0 amide bonds. The number of aromatic nitrogens is 2. The van der Waals surface area contributed by atoms with Gasteiger partial charge in [0, 0.05) is 6.54 Å². The maximum atomic E-state index is 11.8. The Morgan fingerprint density at radius 3 is 2.68 bits per heavy atom. The second-order valence-corrected chi connectivity index (χ2v) is 4.33. The minimum Gasteiger partial charge on any atom is -0.372 e. The number of rotatable bonds is 7. The highest BCUT2D eigenvalue weighted by Gasteiger charge is 2.27. The minimum absolute atomic E-state index is 0.123. The molecule has 2 N–H and O–H groups in total. The highest BCUT2D eigenvalue weighted by molar-refractivity contribution is 4.93. The average Bonchev–Trinajstić information content (AvgIpc) is 2.71. The lowest BCUT2D eigenvalue weighted by Gasteiger charge is -2.12. The lowest BCUT2D eigenvalue weighted by molar-refractivity contribution is -0.173. The molecule has 0 fully saturated rings. The van der Waals surface area contributed by atoms with Gasteiger partial charge in [-0.2, -0.15) is 18.2 Å². The van der Waals surface area contributed by atoms with Crippen LogP contribution in [0.3, 0.4) is 0 Å². The van der Waals surface area contributed by atoms with E-state index in [9.17, 15) is 13.2 Å². The molecule has 19 heavy (non-hydrogen) atoms. The summed E-state index contributed by atoms with van der Waals surface area (Å²) in [4.78, 5) is 5.87. The van der Waals surface area contributed by atoms with E-state index in [0.717, 1.165) is 0 Å². The zero-order valence-electron chi connectivity index (χ0n) is 10.8. The summed E-state index contributed by atoms with van der Waals surface area (Å²) < 4.78 is 44.8. The summed E-state index contributed by atoms with van der Waals surface area (Å²) in [7, 11) is 3.71. The summed E-state index contributed by atoms with van der Waals surface area (Å²) >= 11 is 0. The second-order valence-electron chi connectivity index (χ2n) is 4.33. The van der Waals surface area contributed by atoms with E-state index in [1.165, 1.54) is 0 Å². The Bertz CT molecular complexity index is 381. The molecule has 1 atom stereocenters. The van der Waals surface area contributed by atoms with Crippen LogP contribution in [0.15, 0.2) is 4.52 Å². The third-order valence-corrected chi connectivity index (χ3v) is 2.10. The first-order valence-electron chi connectivity index (χ1n) is 5.65. The van der Waals surface area contributed by atoms with Gasteiger partial charge in [-0.15, -0.1) is 0 Å². The average molecular weight is 282 g/mol. The molecule has 0 aliphatic carbocycles. The first-order chi connectivity index (χ1) is 8.78. The Kier molecular flexibility index (Phi) is 5.70. The molecule has 1 unspecified atom stereocenters. The van der Waals surface area contributed by atoms with Gasteiger partial charge in [0.25, 0.3) is 0 Å². The van der Waals surface area contributed by atoms with Gasteiger partial charge in [-0.1, -0.05) is 5.16 Å². The van der Waals surface area contributed by atoms with Gasteiger partial charge in [-0.3, -0.25) is 0 Å². The van der Waals surface area contributed by atoms with Crippen molar-refractivity contribution in [1.82, 2.24) is 15.0 Å². The number of hydrogen-bond acceptors (Lipinski definition) is 6. The molecule has 0 saturated carbocycles. The lowest BCUT2D eigenvalue weighted by atomic mass is 10.3. The highest BCUT2D eigenvalue weighted by atomic mass is 19.4. The van der Waals surface area contributed by atoms with Crippen LogP contribution in [-0.2, 0) is 11.2 Å². The van der Waals surface area contributed by atoms with Crippen LogP contribution in [-0.4, -0.2) is 55.1 Å². The lowest BCUT2D eigenvalue weighted by Crippen LogP contribution is -2.26. The molecule has 0 aromatic carbocycles. The van der Waals surface area contributed by atoms with E-state index in [1.54, 1.807) is 0 Å². The molecule has 0 aliphatic rings. The fourth-order valence-corrected chi connectivity index (χ4v) is 1.34. The predicted octanol–water partition coefficient (Wildman–Crippen LogP) is 0.752. The first kappa shape index (κ1) is 15.9. The van der Waals surface area contributed by atoms with Crippen LogP contribution in [0.4, 0.5) is 13.2 Å². The molecule has 9 heteroatoms. The van der Waals surface area contributed by atoms with Crippen molar-refractivity contribution in [2.75, 3.05) is 33.9 Å². The van der Waals surface area contributed by atoms with Gasteiger partial charge in [0.15, 0.2) is 5.82 Å². The summed E-state index contributed by atoms with van der Waals surface area (Å²) in [6.07, 6.45) is -4.20. The van der Waals surface area contributed by atoms with Crippen LogP contribution in [0.1, 0.15) is 17.8 Å². The second kappa shape index (κ2) is 6.83. The van der Waals surface area contributed by atoms with Crippen LogP contribution in [0.5, 0.6) is 0 Å². The van der Waals surface area contributed by atoms with Gasteiger partial charge in [-0.05, 0) is 14.1 Å². The van der Waals surface area contributed by atoms with Crippen molar-refractivity contribution < 1.29 is 22.4 Å². The fourth-order valence-electron chi connectivity index (χ4n) is 1.34. The summed E-state index contributed by atoms with van der Waals surface area (Å²) in [5, 5.41) is 3.68. The molecular formula is C10H17F3N4O2. The van der Waals surface area contributed by atoms with Crippen molar-refractivity contribution in [3.63, 3.8) is 0 Å². The van der Waals surface area contributed by atoms with E-state index in [4.69, 9.17) is 10.3 Å². The van der Waals surface area contributed by atoms with E-state index >= 15 is 0 Å². The molecule has 6 nitrogen and oxygen atoms in total. The molecule has 1 rings (SSSR count). The number of alkyl halides is 3. The van der Waals surface area contributed by atoms with Gasteiger partial charge < -0.3 is 19.9 Å². The van der Waals surface area contributed by atoms with Crippen molar-refractivity contribution in [2.45, 2.75) is 18.6 Å². The summed E-state index contributed by atoms with van der Waals surface area (Å²) in [6.45, 7) is -0.873. The van der Waals surface area contributed by atoms with Crippen LogP contribution in [0.2, 0.25) is 0 Å².